The van der Waals surface area contributed by atoms with Crippen molar-refractivity contribution in [1.29, 1.82) is 0 Å². The third-order valence-corrected chi connectivity index (χ3v) is 3.17. The van der Waals surface area contributed by atoms with Crippen molar-refractivity contribution in [2.75, 3.05) is 0 Å². The van der Waals surface area contributed by atoms with Gasteiger partial charge in [0, 0.05) is 12.3 Å². The van der Waals surface area contributed by atoms with Gasteiger partial charge < -0.3 is 0 Å². The minimum absolute atomic E-state index is 0.387. The lowest BCUT2D eigenvalue weighted by atomic mass is 9.89. The molecular formula is C12H22O. The second-order valence-corrected chi connectivity index (χ2v) is 4.23. The number of hydrogen-bond acceptors (Lipinski definition) is 1. The Hall–Kier alpha value is -0.330. The fourth-order valence-electron chi connectivity index (χ4n) is 2.19. The van der Waals surface area contributed by atoms with E-state index < -0.39 is 0 Å². The highest BCUT2D eigenvalue weighted by molar-refractivity contribution is 5.80. The molecule has 0 saturated heterocycles. The third kappa shape index (κ3) is 3.93. The van der Waals surface area contributed by atoms with E-state index in [0.717, 1.165) is 25.7 Å². The number of Topliss-reactive ketones (excluding diaryl/α,β-unsaturated/α-hetero) is 1. The van der Waals surface area contributed by atoms with Gasteiger partial charge in [-0.05, 0) is 19.3 Å². The number of rotatable bonds is 1. The van der Waals surface area contributed by atoms with E-state index in [4.69, 9.17) is 0 Å². The molecule has 1 heteroatoms. The van der Waals surface area contributed by atoms with Crippen molar-refractivity contribution in [3.63, 3.8) is 0 Å². The van der Waals surface area contributed by atoms with Gasteiger partial charge in [-0.25, -0.2) is 0 Å². The molecule has 76 valence electrons. The molecule has 0 amide bonds. The fourth-order valence-corrected chi connectivity index (χ4v) is 2.19. The van der Waals surface area contributed by atoms with E-state index in [1.807, 2.05) is 0 Å². The van der Waals surface area contributed by atoms with Crippen LogP contribution in [0.2, 0.25) is 0 Å². The zero-order chi connectivity index (χ0) is 9.52. The van der Waals surface area contributed by atoms with Crippen LogP contribution in [0.1, 0.15) is 64.7 Å². The molecule has 0 aromatic heterocycles. The molecule has 0 unspecified atom stereocenters. The molecule has 1 saturated carbocycles. The van der Waals surface area contributed by atoms with E-state index in [0.29, 0.717) is 11.7 Å². The van der Waals surface area contributed by atoms with Crippen LogP contribution in [0.25, 0.3) is 0 Å². The van der Waals surface area contributed by atoms with E-state index >= 15 is 0 Å². The van der Waals surface area contributed by atoms with Gasteiger partial charge in [0.05, 0.1) is 0 Å². The molecule has 1 rings (SSSR count). The van der Waals surface area contributed by atoms with Crippen molar-refractivity contribution in [1.82, 2.24) is 0 Å². The maximum atomic E-state index is 11.7. The molecule has 1 aliphatic rings. The van der Waals surface area contributed by atoms with Crippen molar-refractivity contribution in [2.24, 2.45) is 5.92 Å². The molecule has 1 aliphatic carbocycles. The largest absolute Gasteiger partial charge is 0.299 e. The van der Waals surface area contributed by atoms with Crippen molar-refractivity contribution >= 4 is 5.78 Å². The molecule has 1 atom stereocenters. The van der Waals surface area contributed by atoms with Gasteiger partial charge in [0.2, 0.25) is 0 Å². The number of hydrogen-bond donors (Lipinski definition) is 0. The SMILES string of the molecule is CC[C@H]1CCCCCCCCC1=O. The maximum absolute atomic E-state index is 11.7. The zero-order valence-electron chi connectivity index (χ0n) is 8.85. The summed E-state index contributed by atoms with van der Waals surface area (Å²) in [7, 11) is 0. The molecule has 0 aliphatic heterocycles. The van der Waals surface area contributed by atoms with Gasteiger partial charge in [-0.1, -0.05) is 39.0 Å². The van der Waals surface area contributed by atoms with E-state index in [-0.39, 0.29) is 0 Å². The van der Waals surface area contributed by atoms with Gasteiger partial charge in [0.25, 0.3) is 0 Å². The van der Waals surface area contributed by atoms with E-state index in [1.165, 1.54) is 32.1 Å². The Balaban J connectivity index is 2.37. The summed E-state index contributed by atoms with van der Waals surface area (Å²) < 4.78 is 0. The summed E-state index contributed by atoms with van der Waals surface area (Å²) in [6.07, 6.45) is 10.8. The van der Waals surface area contributed by atoms with Crippen LogP contribution in [0.5, 0.6) is 0 Å². The number of carbonyl (C=O) groups is 1. The Morgan fingerprint density at radius 3 is 2.38 bits per heavy atom. The first-order valence-corrected chi connectivity index (χ1v) is 5.87. The monoisotopic (exact) mass is 182 g/mol. The molecule has 1 nitrogen and oxygen atoms in total. The van der Waals surface area contributed by atoms with E-state index in [2.05, 4.69) is 6.92 Å². The van der Waals surface area contributed by atoms with Gasteiger partial charge in [-0.2, -0.15) is 0 Å². The van der Waals surface area contributed by atoms with Crippen LogP contribution in [0.4, 0.5) is 0 Å². The molecule has 0 aromatic carbocycles. The van der Waals surface area contributed by atoms with Crippen LogP contribution in [0.3, 0.4) is 0 Å². The first kappa shape index (κ1) is 10.7. The second kappa shape index (κ2) is 6.17. The maximum Gasteiger partial charge on any atom is 0.135 e. The fraction of sp³-hybridized carbons (Fsp3) is 0.917. The Kier molecular flexibility index (Phi) is 5.10. The van der Waals surface area contributed by atoms with Crippen LogP contribution in [-0.2, 0) is 4.79 Å². The lowest BCUT2D eigenvalue weighted by molar-refractivity contribution is -0.123. The highest BCUT2D eigenvalue weighted by atomic mass is 16.1. The summed E-state index contributed by atoms with van der Waals surface area (Å²) in [5, 5.41) is 0. The molecule has 0 heterocycles. The normalized spacial score (nSPS) is 27.2. The smallest absolute Gasteiger partial charge is 0.135 e. The Bertz CT molecular complexity index is 151. The quantitative estimate of drug-likeness (QED) is 0.604. The summed E-state index contributed by atoms with van der Waals surface area (Å²) >= 11 is 0. The zero-order valence-corrected chi connectivity index (χ0v) is 8.85. The molecule has 0 aromatic rings. The van der Waals surface area contributed by atoms with Crippen molar-refractivity contribution in [3.8, 4) is 0 Å². The summed E-state index contributed by atoms with van der Waals surface area (Å²) in [6.45, 7) is 2.15. The van der Waals surface area contributed by atoms with Gasteiger partial charge in [0.1, 0.15) is 5.78 Å². The van der Waals surface area contributed by atoms with E-state index in [9.17, 15) is 4.79 Å². The first-order valence-electron chi connectivity index (χ1n) is 5.87. The molecule has 0 spiro atoms. The molecule has 0 bridgehead atoms. The first-order chi connectivity index (χ1) is 6.34. The molecule has 13 heavy (non-hydrogen) atoms. The average molecular weight is 182 g/mol. The molecule has 0 N–H and O–H groups in total. The lowest BCUT2D eigenvalue weighted by Gasteiger charge is -2.15. The van der Waals surface area contributed by atoms with Gasteiger partial charge in [-0.3, -0.25) is 4.79 Å². The minimum atomic E-state index is 0.387. The lowest BCUT2D eigenvalue weighted by Crippen LogP contribution is -2.14. The summed E-state index contributed by atoms with van der Waals surface area (Å²) in [4.78, 5) is 11.7. The Morgan fingerprint density at radius 2 is 1.69 bits per heavy atom. The highest BCUT2D eigenvalue weighted by Gasteiger charge is 2.15. The van der Waals surface area contributed by atoms with Crippen LogP contribution in [0, 0.1) is 5.92 Å². The highest BCUT2D eigenvalue weighted by Crippen LogP contribution is 2.20. The number of ketones is 1. The van der Waals surface area contributed by atoms with Crippen LogP contribution in [0.15, 0.2) is 0 Å². The summed E-state index contributed by atoms with van der Waals surface area (Å²) in [6, 6.07) is 0. The number of carbonyl (C=O) groups excluding carboxylic acids is 1. The van der Waals surface area contributed by atoms with Crippen LogP contribution >= 0.6 is 0 Å². The van der Waals surface area contributed by atoms with Gasteiger partial charge in [0.15, 0.2) is 0 Å². The molecular weight excluding hydrogens is 160 g/mol. The van der Waals surface area contributed by atoms with Crippen molar-refractivity contribution in [2.45, 2.75) is 64.7 Å². The summed E-state index contributed by atoms with van der Waals surface area (Å²) in [5.41, 5.74) is 0. The molecule has 1 fully saturated rings. The topological polar surface area (TPSA) is 17.1 Å². The Labute approximate surface area is 81.9 Å². The van der Waals surface area contributed by atoms with Crippen molar-refractivity contribution < 1.29 is 4.79 Å². The summed E-state index contributed by atoms with van der Waals surface area (Å²) in [5.74, 6) is 0.919. The second-order valence-electron chi connectivity index (χ2n) is 4.23. The minimum Gasteiger partial charge on any atom is -0.299 e. The average Bonchev–Trinajstić information content (AvgIpc) is 2.16. The predicted octanol–water partition coefficient (Wildman–Crippen LogP) is 3.72. The van der Waals surface area contributed by atoms with E-state index in [1.54, 1.807) is 0 Å². The Morgan fingerprint density at radius 1 is 1.08 bits per heavy atom. The molecule has 0 radical (unpaired) electrons. The van der Waals surface area contributed by atoms with Gasteiger partial charge in [-0.15, -0.1) is 0 Å². The standard InChI is InChI=1S/C12H22O/c1-2-11-9-7-5-3-4-6-8-10-12(11)13/h11H,2-10H2,1H3/t11-/m0/s1. The van der Waals surface area contributed by atoms with Gasteiger partial charge >= 0.3 is 0 Å². The predicted molar refractivity (Wildman–Crippen MR) is 55.7 cm³/mol. The third-order valence-electron chi connectivity index (χ3n) is 3.17. The van der Waals surface area contributed by atoms with Crippen LogP contribution in [-0.4, -0.2) is 5.78 Å². The van der Waals surface area contributed by atoms with Crippen molar-refractivity contribution in [3.05, 3.63) is 0 Å². The van der Waals surface area contributed by atoms with Crippen LogP contribution < -0.4 is 0 Å².